The van der Waals surface area contributed by atoms with Gasteiger partial charge >= 0.3 is 0 Å². The van der Waals surface area contributed by atoms with E-state index in [1.165, 1.54) is 12.1 Å². The molecule has 0 heterocycles. The zero-order chi connectivity index (χ0) is 14.0. The second kappa shape index (κ2) is 5.59. The fraction of sp³-hybridized carbons (Fsp3) is 0.625. The molecule has 106 valence electrons. The number of hydrogen-bond acceptors (Lipinski definition) is 2. The summed E-state index contributed by atoms with van der Waals surface area (Å²) in [6.45, 7) is 4.01. The highest BCUT2D eigenvalue weighted by molar-refractivity contribution is 5.27. The second-order valence-corrected chi connectivity index (χ2v) is 6.08. The average molecular weight is 266 g/mol. The van der Waals surface area contributed by atoms with Crippen molar-refractivity contribution in [3.05, 3.63) is 35.1 Å². The van der Waals surface area contributed by atoms with E-state index in [4.69, 9.17) is 0 Å². The van der Waals surface area contributed by atoms with Crippen LogP contribution in [0.5, 0.6) is 0 Å². The summed E-state index contributed by atoms with van der Waals surface area (Å²) >= 11 is 0. The summed E-state index contributed by atoms with van der Waals surface area (Å²) in [5.74, 6) is 0.362. The molecule has 1 fully saturated rings. The van der Waals surface area contributed by atoms with Gasteiger partial charge in [0.1, 0.15) is 5.82 Å². The Morgan fingerprint density at radius 1 is 1.37 bits per heavy atom. The number of rotatable bonds is 3. The second-order valence-electron chi connectivity index (χ2n) is 6.08. The van der Waals surface area contributed by atoms with Crippen LogP contribution in [-0.2, 0) is 6.42 Å². The summed E-state index contributed by atoms with van der Waals surface area (Å²) in [4.78, 5) is 0. The Labute approximate surface area is 114 Å². The normalized spacial score (nSPS) is 29.2. The minimum Gasteiger partial charge on any atom is -0.390 e. The van der Waals surface area contributed by atoms with Crippen LogP contribution in [0.15, 0.2) is 18.2 Å². The van der Waals surface area contributed by atoms with Crippen LogP contribution in [0.1, 0.15) is 43.7 Å². The van der Waals surface area contributed by atoms with Gasteiger partial charge < -0.3 is 10.2 Å². The first-order chi connectivity index (χ1) is 8.90. The van der Waals surface area contributed by atoms with Crippen LogP contribution in [0, 0.1) is 18.7 Å². The lowest BCUT2D eigenvalue weighted by Crippen LogP contribution is -2.46. The zero-order valence-electron chi connectivity index (χ0n) is 11.7. The van der Waals surface area contributed by atoms with E-state index in [0.717, 1.165) is 24.0 Å². The molecule has 0 amide bonds. The molecule has 1 saturated carbocycles. The highest BCUT2D eigenvalue weighted by Gasteiger charge is 2.38. The van der Waals surface area contributed by atoms with Gasteiger partial charge in [0.25, 0.3) is 0 Å². The van der Waals surface area contributed by atoms with Crippen molar-refractivity contribution in [1.82, 2.24) is 0 Å². The minimum atomic E-state index is -0.979. The van der Waals surface area contributed by atoms with E-state index in [9.17, 15) is 14.6 Å². The first kappa shape index (κ1) is 14.5. The molecule has 0 aliphatic heterocycles. The van der Waals surface area contributed by atoms with Gasteiger partial charge in [-0.05, 0) is 61.8 Å². The molecule has 2 nitrogen and oxygen atoms in total. The van der Waals surface area contributed by atoms with Gasteiger partial charge in [-0.15, -0.1) is 0 Å². The van der Waals surface area contributed by atoms with Gasteiger partial charge in [0, 0.05) is 6.42 Å². The Morgan fingerprint density at radius 3 is 2.58 bits per heavy atom. The number of aliphatic hydroxyl groups excluding tert-OH is 1. The lowest BCUT2D eigenvalue weighted by atomic mass is 9.75. The molecule has 0 saturated heterocycles. The van der Waals surface area contributed by atoms with Crippen molar-refractivity contribution in [2.24, 2.45) is 5.92 Å². The van der Waals surface area contributed by atoms with Crippen LogP contribution in [0.25, 0.3) is 0 Å². The predicted octanol–water partition coefficient (Wildman–Crippen LogP) is 2.98. The molecule has 1 aliphatic carbocycles. The van der Waals surface area contributed by atoms with Crippen LogP contribution in [0.4, 0.5) is 4.39 Å². The average Bonchev–Trinajstić information content (AvgIpc) is 2.36. The number of halogens is 1. The molecule has 2 N–H and O–H groups in total. The summed E-state index contributed by atoms with van der Waals surface area (Å²) in [5, 5.41) is 20.9. The highest BCUT2D eigenvalue weighted by Crippen LogP contribution is 2.35. The third-order valence-electron chi connectivity index (χ3n) is 4.48. The van der Waals surface area contributed by atoms with Crippen LogP contribution in [0.2, 0.25) is 0 Å². The largest absolute Gasteiger partial charge is 0.390 e. The van der Waals surface area contributed by atoms with E-state index >= 15 is 0 Å². The van der Waals surface area contributed by atoms with Gasteiger partial charge in [-0.1, -0.05) is 13.0 Å². The van der Waals surface area contributed by atoms with Crippen molar-refractivity contribution in [1.29, 1.82) is 0 Å². The molecule has 1 atom stereocenters. The molecule has 1 aromatic rings. The summed E-state index contributed by atoms with van der Waals surface area (Å²) in [5.41, 5.74) is 0.751. The molecule has 0 spiro atoms. The van der Waals surface area contributed by atoms with Gasteiger partial charge in [0.15, 0.2) is 0 Å². The molecule has 3 heteroatoms. The van der Waals surface area contributed by atoms with Crippen LogP contribution < -0.4 is 0 Å². The van der Waals surface area contributed by atoms with Gasteiger partial charge in [-0.2, -0.15) is 0 Å². The summed E-state index contributed by atoms with van der Waals surface area (Å²) in [6, 6.07) is 4.57. The Hall–Kier alpha value is -0.930. The van der Waals surface area contributed by atoms with E-state index in [0.29, 0.717) is 25.2 Å². The van der Waals surface area contributed by atoms with Crippen molar-refractivity contribution in [3.8, 4) is 0 Å². The molecule has 1 unspecified atom stereocenters. The van der Waals surface area contributed by atoms with Gasteiger partial charge in [0.05, 0.1) is 11.7 Å². The predicted molar refractivity (Wildman–Crippen MR) is 73.4 cm³/mol. The van der Waals surface area contributed by atoms with Gasteiger partial charge in [0.2, 0.25) is 0 Å². The highest BCUT2D eigenvalue weighted by atomic mass is 19.1. The fourth-order valence-electron chi connectivity index (χ4n) is 2.88. The number of benzene rings is 1. The van der Waals surface area contributed by atoms with Crippen LogP contribution >= 0.6 is 0 Å². The SMILES string of the molecule is Cc1cc(F)ccc1CC(O)C1(O)CCC(C)CC1. The first-order valence-electron chi connectivity index (χ1n) is 7.06. The first-order valence-corrected chi connectivity index (χ1v) is 7.06. The third kappa shape index (κ3) is 3.34. The lowest BCUT2D eigenvalue weighted by Gasteiger charge is -2.38. The summed E-state index contributed by atoms with van der Waals surface area (Å²) in [7, 11) is 0. The molecular weight excluding hydrogens is 243 g/mol. The van der Waals surface area contributed by atoms with E-state index in [1.54, 1.807) is 6.07 Å². The number of hydrogen-bond donors (Lipinski definition) is 2. The molecule has 19 heavy (non-hydrogen) atoms. The Bertz CT molecular complexity index is 436. The zero-order valence-corrected chi connectivity index (χ0v) is 11.7. The molecule has 0 radical (unpaired) electrons. The fourth-order valence-corrected chi connectivity index (χ4v) is 2.88. The molecular formula is C16H23FO2. The van der Waals surface area contributed by atoms with E-state index < -0.39 is 11.7 Å². The van der Waals surface area contributed by atoms with Crippen molar-refractivity contribution in [2.45, 2.75) is 57.7 Å². The molecule has 0 aromatic heterocycles. The summed E-state index contributed by atoms with van der Waals surface area (Å²) < 4.78 is 13.0. The topological polar surface area (TPSA) is 40.5 Å². The van der Waals surface area contributed by atoms with Crippen LogP contribution in [-0.4, -0.2) is 21.9 Å². The molecule has 1 aliphatic rings. The van der Waals surface area contributed by atoms with Gasteiger partial charge in [-0.25, -0.2) is 4.39 Å². The van der Waals surface area contributed by atoms with E-state index in [2.05, 4.69) is 6.92 Å². The standard InChI is InChI=1S/C16H23FO2/c1-11-5-7-16(19,8-6-11)15(18)10-13-3-4-14(17)9-12(13)2/h3-4,9,11,15,18-19H,5-8,10H2,1-2H3. The number of aliphatic hydroxyl groups is 2. The lowest BCUT2D eigenvalue weighted by molar-refractivity contribution is -0.102. The third-order valence-corrected chi connectivity index (χ3v) is 4.48. The van der Waals surface area contributed by atoms with E-state index in [1.807, 2.05) is 6.92 Å². The van der Waals surface area contributed by atoms with Crippen molar-refractivity contribution in [2.75, 3.05) is 0 Å². The monoisotopic (exact) mass is 266 g/mol. The molecule has 0 bridgehead atoms. The van der Waals surface area contributed by atoms with Crippen molar-refractivity contribution >= 4 is 0 Å². The summed E-state index contributed by atoms with van der Waals surface area (Å²) in [6.07, 6.45) is 2.82. The maximum absolute atomic E-state index is 13.0. The Balaban J connectivity index is 2.06. The maximum atomic E-state index is 13.0. The van der Waals surface area contributed by atoms with Crippen molar-refractivity contribution < 1.29 is 14.6 Å². The number of aryl methyl sites for hydroxylation is 1. The molecule has 1 aromatic carbocycles. The molecule has 2 rings (SSSR count). The smallest absolute Gasteiger partial charge is 0.123 e. The minimum absolute atomic E-state index is 0.263. The van der Waals surface area contributed by atoms with E-state index in [-0.39, 0.29) is 5.82 Å². The van der Waals surface area contributed by atoms with Crippen LogP contribution in [0.3, 0.4) is 0 Å². The van der Waals surface area contributed by atoms with Crippen molar-refractivity contribution in [3.63, 3.8) is 0 Å². The Kier molecular flexibility index (Phi) is 4.26. The van der Waals surface area contributed by atoms with Gasteiger partial charge in [-0.3, -0.25) is 0 Å². The maximum Gasteiger partial charge on any atom is 0.123 e. The Morgan fingerprint density at radius 2 is 2.00 bits per heavy atom. The quantitative estimate of drug-likeness (QED) is 0.883.